The summed E-state index contributed by atoms with van der Waals surface area (Å²) in [7, 11) is -2.67. The van der Waals surface area contributed by atoms with E-state index < -0.39 is 8.32 Å². The molecule has 6 heteroatoms. The quantitative estimate of drug-likeness (QED) is 0.434. The van der Waals surface area contributed by atoms with Gasteiger partial charge in [-0.05, 0) is 22.3 Å². The first-order chi connectivity index (χ1) is 14.8. The number of carbonyl (C=O) groups is 1. The van der Waals surface area contributed by atoms with Gasteiger partial charge in [-0.3, -0.25) is 4.79 Å². The van der Waals surface area contributed by atoms with E-state index in [9.17, 15) is 4.79 Å². The van der Waals surface area contributed by atoms with Crippen LogP contribution >= 0.6 is 11.8 Å². The van der Waals surface area contributed by atoms with Gasteiger partial charge >= 0.3 is 5.97 Å². The number of ether oxygens (including phenoxy) is 2. The highest BCUT2D eigenvalue weighted by Gasteiger charge is 2.53. The lowest BCUT2D eigenvalue weighted by Crippen LogP contribution is -2.68. The van der Waals surface area contributed by atoms with Crippen LogP contribution < -0.4 is 10.4 Å². The van der Waals surface area contributed by atoms with Crippen LogP contribution in [0, 0.1) is 0 Å². The Morgan fingerprint density at radius 2 is 1.58 bits per heavy atom. The maximum absolute atomic E-state index is 11.5. The molecule has 3 atom stereocenters. The minimum absolute atomic E-state index is 0.0436. The molecule has 168 valence electrons. The van der Waals surface area contributed by atoms with Crippen molar-refractivity contribution in [1.29, 1.82) is 0 Å². The average Bonchev–Trinajstić information content (AvgIpc) is 3.12. The number of esters is 1. The predicted molar refractivity (Wildman–Crippen MR) is 131 cm³/mol. The molecule has 0 N–H and O–H groups in total. The third kappa shape index (κ3) is 5.42. The molecule has 0 bridgehead atoms. The Kier molecular flexibility index (Phi) is 8.02. The molecule has 2 aromatic carbocycles. The first kappa shape index (κ1) is 24.0. The Bertz CT molecular complexity index is 798. The molecule has 2 aromatic rings. The van der Waals surface area contributed by atoms with Gasteiger partial charge in [0.2, 0.25) is 0 Å². The molecule has 1 saturated heterocycles. The zero-order chi connectivity index (χ0) is 22.5. The summed E-state index contributed by atoms with van der Waals surface area (Å²) in [6, 6.07) is 21.3. The maximum Gasteiger partial charge on any atom is 0.302 e. The minimum atomic E-state index is -2.67. The minimum Gasteiger partial charge on any atom is -0.465 e. The first-order valence-electron chi connectivity index (χ1n) is 11.0. The Labute approximate surface area is 191 Å². The van der Waals surface area contributed by atoms with Crippen LogP contribution in [0.1, 0.15) is 41.0 Å². The third-order valence-corrected chi connectivity index (χ3v) is 12.2. The van der Waals surface area contributed by atoms with E-state index in [1.807, 2.05) is 6.92 Å². The fourth-order valence-electron chi connectivity index (χ4n) is 4.36. The zero-order valence-electron chi connectivity index (χ0n) is 19.2. The van der Waals surface area contributed by atoms with E-state index in [2.05, 4.69) is 81.4 Å². The molecular formula is C25H34O4SSi. The van der Waals surface area contributed by atoms with E-state index in [1.54, 1.807) is 11.8 Å². The van der Waals surface area contributed by atoms with Gasteiger partial charge in [-0.2, -0.15) is 0 Å². The van der Waals surface area contributed by atoms with E-state index in [-0.39, 0.29) is 27.8 Å². The molecule has 1 heterocycles. The largest absolute Gasteiger partial charge is 0.465 e. The lowest BCUT2D eigenvalue weighted by Gasteiger charge is -2.45. The summed E-state index contributed by atoms with van der Waals surface area (Å²) in [5.74, 6) is -0.260. The number of benzene rings is 2. The molecule has 0 saturated carbocycles. The number of thioether (sulfide) groups is 1. The van der Waals surface area contributed by atoms with Gasteiger partial charge in [-0.1, -0.05) is 81.4 Å². The van der Waals surface area contributed by atoms with Crippen LogP contribution in [0.5, 0.6) is 0 Å². The molecule has 0 amide bonds. The normalized spacial score (nSPS) is 21.8. The molecule has 4 nitrogen and oxygen atoms in total. The summed E-state index contributed by atoms with van der Waals surface area (Å²) >= 11 is 1.72. The van der Waals surface area contributed by atoms with Crippen molar-refractivity contribution in [2.45, 2.75) is 62.9 Å². The van der Waals surface area contributed by atoms with Crippen LogP contribution in [0.4, 0.5) is 0 Å². The van der Waals surface area contributed by atoms with Gasteiger partial charge in [-0.15, -0.1) is 11.8 Å². The number of hydrogen-bond donors (Lipinski definition) is 0. The zero-order valence-corrected chi connectivity index (χ0v) is 21.0. The number of rotatable bonds is 8. The Morgan fingerprint density at radius 1 is 1.03 bits per heavy atom. The summed E-state index contributed by atoms with van der Waals surface area (Å²) in [5.41, 5.74) is 0.0498. The lowest BCUT2D eigenvalue weighted by molar-refractivity contribution is -0.141. The molecule has 1 unspecified atom stereocenters. The molecule has 1 fully saturated rings. The molecule has 31 heavy (non-hydrogen) atoms. The number of carbonyl (C=O) groups excluding carboxylic acids is 1. The Hall–Kier alpha value is -1.60. The summed E-state index contributed by atoms with van der Waals surface area (Å²) in [5, 5.41) is 2.45. The first-order valence-corrected chi connectivity index (χ1v) is 13.8. The second-order valence-electron chi connectivity index (χ2n) is 8.92. The van der Waals surface area contributed by atoms with Crippen LogP contribution in [-0.2, 0) is 18.7 Å². The fourth-order valence-corrected chi connectivity index (χ4v) is 10.6. The second kappa shape index (κ2) is 10.3. The molecule has 0 radical (unpaired) electrons. The summed E-state index contributed by atoms with van der Waals surface area (Å²) in [6.07, 6.45) is 0.724. The van der Waals surface area contributed by atoms with Crippen molar-refractivity contribution in [1.82, 2.24) is 0 Å². The third-order valence-electron chi connectivity index (χ3n) is 5.71. The van der Waals surface area contributed by atoms with Gasteiger partial charge in [0.1, 0.15) is 12.0 Å². The predicted octanol–water partition coefficient (Wildman–Crippen LogP) is 4.36. The fraction of sp³-hybridized carbons (Fsp3) is 0.480. The lowest BCUT2D eigenvalue weighted by atomic mass is 10.2. The van der Waals surface area contributed by atoms with E-state index >= 15 is 0 Å². The molecule has 1 aliphatic heterocycles. The SMILES string of the molecule is CCOC1C[C@H](O[Si](c2ccccc2)(c2ccccc2)C(C)(C)C)[C@@H](COC(C)=O)S1. The van der Waals surface area contributed by atoms with E-state index in [1.165, 1.54) is 17.3 Å². The van der Waals surface area contributed by atoms with Crippen LogP contribution in [0.15, 0.2) is 60.7 Å². The molecule has 0 aliphatic carbocycles. The Balaban J connectivity index is 2.05. The van der Waals surface area contributed by atoms with Gasteiger partial charge in [0.25, 0.3) is 8.32 Å². The van der Waals surface area contributed by atoms with E-state index in [0.717, 1.165) is 6.42 Å². The van der Waals surface area contributed by atoms with Crippen molar-refractivity contribution >= 4 is 36.4 Å². The highest BCUT2D eigenvalue weighted by atomic mass is 32.2. The highest BCUT2D eigenvalue weighted by Crippen LogP contribution is 2.43. The monoisotopic (exact) mass is 458 g/mol. The van der Waals surface area contributed by atoms with Gasteiger partial charge in [0.15, 0.2) is 0 Å². The smallest absolute Gasteiger partial charge is 0.302 e. The second-order valence-corrected chi connectivity index (χ2v) is 14.6. The van der Waals surface area contributed by atoms with Gasteiger partial charge in [0.05, 0.1) is 11.4 Å². The van der Waals surface area contributed by atoms with Gasteiger partial charge < -0.3 is 13.9 Å². The van der Waals surface area contributed by atoms with Gasteiger partial charge in [0, 0.05) is 20.0 Å². The van der Waals surface area contributed by atoms with Crippen molar-refractivity contribution < 1.29 is 18.7 Å². The topological polar surface area (TPSA) is 44.8 Å². The average molecular weight is 459 g/mol. The molecule has 0 spiro atoms. The Morgan fingerprint density at radius 3 is 2.03 bits per heavy atom. The molecular weight excluding hydrogens is 424 g/mol. The molecule has 3 rings (SSSR count). The van der Waals surface area contributed by atoms with Crippen LogP contribution in [0.3, 0.4) is 0 Å². The van der Waals surface area contributed by atoms with Crippen LogP contribution in [-0.4, -0.2) is 44.3 Å². The molecule has 1 aliphatic rings. The van der Waals surface area contributed by atoms with Crippen molar-refractivity contribution in [3.8, 4) is 0 Å². The summed E-state index contributed by atoms with van der Waals surface area (Å²) in [4.78, 5) is 11.5. The van der Waals surface area contributed by atoms with E-state index in [0.29, 0.717) is 13.2 Å². The van der Waals surface area contributed by atoms with Crippen molar-refractivity contribution in [2.24, 2.45) is 0 Å². The summed E-state index contributed by atoms with van der Waals surface area (Å²) < 4.78 is 18.7. The van der Waals surface area contributed by atoms with Crippen LogP contribution in [0.25, 0.3) is 0 Å². The van der Waals surface area contributed by atoms with Crippen LogP contribution in [0.2, 0.25) is 5.04 Å². The standard InChI is InChI=1S/C25H34O4SSi/c1-6-27-24-17-22(23(30-24)18-28-19(2)26)29-31(25(3,4)5,20-13-9-7-10-14-20)21-15-11-8-12-16-21/h7-16,22-24H,6,17-18H2,1-5H3/t22-,23+,24?/m0/s1. The van der Waals surface area contributed by atoms with E-state index in [4.69, 9.17) is 13.9 Å². The van der Waals surface area contributed by atoms with Crippen molar-refractivity contribution in [3.05, 3.63) is 60.7 Å². The van der Waals surface area contributed by atoms with Crippen molar-refractivity contribution in [3.63, 3.8) is 0 Å². The molecule has 0 aromatic heterocycles. The maximum atomic E-state index is 11.5. The van der Waals surface area contributed by atoms with Crippen molar-refractivity contribution in [2.75, 3.05) is 13.2 Å². The van der Waals surface area contributed by atoms with Gasteiger partial charge in [-0.25, -0.2) is 0 Å². The summed E-state index contributed by atoms with van der Waals surface area (Å²) in [6.45, 7) is 11.3. The number of hydrogen-bond acceptors (Lipinski definition) is 5. The highest BCUT2D eigenvalue weighted by molar-refractivity contribution is 8.00.